The van der Waals surface area contributed by atoms with Crippen molar-refractivity contribution in [3.8, 4) is 11.4 Å². The van der Waals surface area contributed by atoms with Gasteiger partial charge in [-0.15, -0.1) is 0 Å². The van der Waals surface area contributed by atoms with E-state index in [2.05, 4.69) is 10.4 Å². The van der Waals surface area contributed by atoms with Gasteiger partial charge >= 0.3 is 0 Å². The molecule has 0 aliphatic rings. The molecule has 160 valence electrons. The van der Waals surface area contributed by atoms with E-state index in [0.717, 1.165) is 4.90 Å². The molecule has 0 aliphatic carbocycles. The fourth-order valence-electron chi connectivity index (χ4n) is 2.96. The maximum atomic E-state index is 12.8. The number of carbonyl (C=O) groups is 2. The van der Waals surface area contributed by atoms with Gasteiger partial charge in [-0.05, 0) is 37.3 Å². The van der Waals surface area contributed by atoms with Crippen molar-refractivity contribution in [3.05, 3.63) is 81.2 Å². The van der Waals surface area contributed by atoms with E-state index in [4.69, 9.17) is 16.3 Å². The summed E-state index contributed by atoms with van der Waals surface area (Å²) < 4.78 is 6.71. The minimum atomic E-state index is -0.664. The number of halogens is 1. The van der Waals surface area contributed by atoms with Crippen molar-refractivity contribution in [3.63, 3.8) is 0 Å². The minimum Gasteiger partial charge on any atom is -0.495 e. The number of rotatable bonds is 6. The van der Waals surface area contributed by atoms with Crippen molar-refractivity contribution in [2.24, 2.45) is 0 Å². The average Bonchev–Trinajstić information content (AvgIpc) is 2.74. The van der Waals surface area contributed by atoms with Crippen LogP contribution in [0.15, 0.2) is 59.4 Å². The highest BCUT2D eigenvalue weighted by atomic mass is 35.5. The molecule has 0 atom stereocenters. The summed E-state index contributed by atoms with van der Waals surface area (Å²) in [5.74, 6) is -0.715. The fourth-order valence-corrected chi connectivity index (χ4v) is 3.13. The molecule has 0 saturated heterocycles. The molecule has 31 heavy (non-hydrogen) atoms. The molecule has 0 fully saturated rings. The smallest absolute Gasteiger partial charge is 0.278 e. The van der Waals surface area contributed by atoms with Crippen LogP contribution in [0.2, 0.25) is 5.02 Å². The summed E-state index contributed by atoms with van der Waals surface area (Å²) >= 11 is 5.97. The highest BCUT2D eigenvalue weighted by Gasteiger charge is 2.21. The van der Waals surface area contributed by atoms with Gasteiger partial charge in [0, 0.05) is 23.8 Å². The number of carbonyl (C=O) groups excluding carboxylic acids is 2. The van der Waals surface area contributed by atoms with Crippen LogP contribution in [0.25, 0.3) is 5.69 Å². The van der Waals surface area contributed by atoms with Gasteiger partial charge in [0.2, 0.25) is 11.3 Å². The highest BCUT2D eigenvalue weighted by Crippen LogP contribution is 2.27. The van der Waals surface area contributed by atoms with Gasteiger partial charge < -0.3 is 15.0 Å². The molecular formula is C22H21ClN4O4. The van der Waals surface area contributed by atoms with Crippen molar-refractivity contribution in [1.29, 1.82) is 0 Å². The van der Waals surface area contributed by atoms with Crippen LogP contribution in [0.5, 0.6) is 5.75 Å². The summed E-state index contributed by atoms with van der Waals surface area (Å²) in [4.78, 5) is 38.8. The van der Waals surface area contributed by atoms with Gasteiger partial charge in [0.25, 0.3) is 5.91 Å². The van der Waals surface area contributed by atoms with Crippen LogP contribution in [-0.4, -0.2) is 47.2 Å². The third-order valence-electron chi connectivity index (χ3n) is 4.47. The summed E-state index contributed by atoms with van der Waals surface area (Å²) in [6.45, 7) is 1.43. The summed E-state index contributed by atoms with van der Waals surface area (Å²) in [6.07, 6.45) is 0. The largest absolute Gasteiger partial charge is 0.495 e. The first kappa shape index (κ1) is 22.0. The third-order valence-corrected chi connectivity index (χ3v) is 4.71. The monoisotopic (exact) mass is 440 g/mol. The van der Waals surface area contributed by atoms with Crippen molar-refractivity contribution in [2.45, 2.75) is 6.92 Å². The molecule has 0 bridgehead atoms. The molecule has 1 aromatic heterocycles. The van der Waals surface area contributed by atoms with Gasteiger partial charge in [0.15, 0.2) is 5.69 Å². The highest BCUT2D eigenvalue weighted by molar-refractivity contribution is 6.31. The van der Waals surface area contributed by atoms with E-state index in [-0.39, 0.29) is 12.2 Å². The number of methoxy groups -OCH3 is 1. The van der Waals surface area contributed by atoms with Crippen molar-refractivity contribution in [1.82, 2.24) is 14.7 Å². The molecule has 0 saturated carbocycles. The third kappa shape index (κ3) is 5.10. The average molecular weight is 441 g/mol. The van der Waals surface area contributed by atoms with Gasteiger partial charge in [0.1, 0.15) is 5.75 Å². The molecule has 0 aliphatic heterocycles. The van der Waals surface area contributed by atoms with Crippen LogP contribution in [0.1, 0.15) is 16.2 Å². The van der Waals surface area contributed by atoms with Crippen LogP contribution in [0.4, 0.5) is 5.69 Å². The van der Waals surface area contributed by atoms with Gasteiger partial charge in [0.05, 0.1) is 25.0 Å². The Balaban J connectivity index is 1.79. The molecule has 2 aromatic carbocycles. The van der Waals surface area contributed by atoms with Crippen LogP contribution in [0.3, 0.4) is 0 Å². The molecule has 9 heteroatoms. The second-order valence-corrected chi connectivity index (χ2v) is 7.24. The number of nitrogens with zero attached hydrogens (tertiary/aromatic N) is 3. The zero-order valence-electron chi connectivity index (χ0n) is 17.3. The number of para-hydroxylation sites is 1. The Hall–Kier alpha value is -3.65. The quantitative estimate of drug-likeness (QED) is 0.636. The predicted octanol–water partition coefficient (Wildman–Crippen LogP) is 2.91. The minimum absolute atomic E-state index is 0.273. The zero-order chi connectivity index (χ0) is 22.5. The predicted molar refractivity (Wildman–Crippen MR) is 118 cm³/mol. The van der Waals surface area contributed by atoms with E-state index >= 15 is 0 Å². The standard InChI is InChI=1S/C22H21ClN4O4/c1-14-11-18(28)21(25-27(14)16-7-5-4-6-8-16)22(30)26(2)13-20(29)24-17-12-15(23)9-10-19(17)31-3/h4-12H,13H2,1-3H3,(H,24,29). The Morgan fingerprint density at radius 3 is 2.55 bits per heavy atom. The summed E-state index contributed by atoms with van der Waals surface area (Å²) in [5, 5.41) is 7.31. The lowest BCUT2D eigenvalue weighted by molar-refractivity contribution is -0.116. The maximum Gasteiger partial charge on any atom is 0.278 e. The van der Waals surface area contributed by atoms with Crippen molar-refractivity contribution < 1.29 is 14.3 Å². The lowest BCUT2D eigenvalue weighted by Gasteiger charge is -2.18. The first-order valence-corrected chi connectivity index (χ1v) is 9.73. The zero-order valence-corrected chi connectivity index (χ0v) is 18.0. The number of likely N-dealkylation sites (N-methyl/N-ethyl adjacent to an activating group) is 1. The molecule has 3 aromatic rings. The van der Waals surface area contributed by atoms with Crippen LogP contribution in [-0.2, 0) is 4.79 Å². The molecule has 0 radical (unpaired) electrons. The second-order valence-electron chi connectivity index (χ2n) is 6.80. The number of benzene rings is 2. The van der Waals surface area contributed by atoms with E-state index < -0.39 is 17.2 Å². The molecule has 3 rings (SSSR count). The Kier molecular flexibility index (Phi) is 6.71. The SMILES string of the molecule is COc1ccc(Cl)cc1NC(=O)CN(C)C(=O)c1nn(-c2ccccc2)c(C)cc1=O. The Bertz CT molecular complexity index is 1180. The first-order valence-electron chi connectivity index (χ1n) is 9.35. The fraction of sp³-hybridized carbons (Fsp3) is 0.182. The molecule has 0 spiro atoms. The van der Waals surface area contributed by atoms with E-state index in [1.165, 1.54) is 24.9 Å². The van der Waals surface area contributed by atoms with E-state index in [1.807, 2.05) is 30.3 Å². The first-order chi connectivity index (χ1) is 14.8. The van der Waals surface area contributed by atoms with Crippen LogP contribution >= 0.6 is 11.6 Å². The van der Waals surface area contributed by atoms with Gasteiger partial charge in [-0.3, -0.25) is 14.4 Å². The summed E-state index contributed by atoms with van der Waals surface area (Å²) in [5.41, 5.74) is 0.882. The number of aryl methyl sites for hydroxylation is 1. The number of ether oxygens (including phenoxy) is 1. The molecule has 1 heterocycles. The van der Waals surface area contributed by atoms with Gasteiger partial charge in [-0.1, -0.05) is 29.8 Å². The maximum absolute atomic E-state index is 12.8. The Labute approximate surface area is 184 Å². The summed E-state index contributed by atoms with van der Waals surface area (Å²) in [6, 6.07) is 15.3. The van der Waals surface area contributed by atoms with Gasteiger partial charge in [-0.25, -0.2) is 4.68 Å². The number of aromatic nitrogens is 2. The number of nitrogens with one attached hydrogen (secondary N) is 1. The molecular weight excluding hydrogens is 420 g/mol. The number of hydrogen-bond donors (Lipinski definition) is 1. The normalized spacial score (nSPS) is 10.5. The number of anilines is 1. The summed E-state index contributed by atoms with van der Waals surface area (Å²) in [7, 11) is 2.89. The lowest BCUT2D eigenvalue weighted by atomic mass is 10.2. The molecule has 8 nitrogen and oxygen atoms in total. The van der Waals surface area contributed by atoms with Gasteiger partial charge in [-0.2, -0.15) is 5.10 Å². The molecule has 1 N–H and O–H groups in total. The number of amides is 2. The van der Waals surface area contributed by atoms with E-state index in [9.17, 15) is 14.4 Å². The second kappa shape index (κ2) is 9.44. The topological polar surface area (TPSA) is 93.5 Å². The lowest BCUT2D eigenvalue weighted by Crippen LogP contribution is -2.38. The molecule has 2 amide bonds. The van der Waals surface area contributed by atoms with Crippen molar-refractivity contribution in [2.75, 3.05) is 26.0 Å². The Morgan fingerprint density at radius 1 is 1.16 bits per heavy atom. The van der Waals surface area contributed by atoms with E-state index in [0.29, 0.717) is 27.8 Å². The van der Waals surface area contributed by atoms with Crippen LogP contribution in [0, 0.1) is 6.92 Å². The van der Waals surface area contributed by atoms with E-state index in [1.54, 1.807) is 25.1 Å². The van der Waals surface area contributed by atoms with Crippen LogP contribution < -0.4 is 15.5 Å². The molecule has 0 unspecified atom stereocenters. The number of hydrogen-bond acceptors (Lipinski definition) is 5. The van der Waals surface area contributed by atoms with Crippen molar-refractivity contribution >= 4 is 29.1 Å². The Morgan fingerprint density at radius 2 is 1.87 bits per heavy atom.